The predicted octanol–water partition coefficient (Wildman–Crippen LogP) is 5.81. The minimum atomic E-state index is -0.920. The molecule has 1 saturated heterocycles. The lowest BCUT2D eigenvalue weighted by atomic mass is 9.83. The van der Waals surface area contributed by atoms with Crippen LogP contribution in [0, 0.1) is 11.7 Å². The number of hydrogen-bond donors (Lipinski definition) is 1. The third kappa shape index (κ3) is 5.25. The normalized spacial score (nSPS) is 19.0. The van der Waals surface area contributed by atoms with Gasteiger partial charge in [-0.15, -0.1) is 0 Å². The van der Waals surface area contributed by atoms with E-state index in [1.807, 2.05) is 0 Å². The van der Waals surface area contributed by atoms with Crippen LogP contribution in [0.2, 0.25) is 10.0 Å². The van der Waals surface area contributed by atoms with Crippen LogP contribution in [-0.2, 0) is 20.9 Å². The zero-order chi connectivity index (χ0) is 31.3. The molecule has 2 aliphatic heterocycles. The number of hydrogen-bond acceptors (Lipinski definition) is 8. The van der Waals surface area contributed by atoms with E-state index in [1.54, 1.807) is 24.3 Å². The highest BCUT2D eigenvalue weighted by Gasteiger charge is 2.57. The van der Waals surface area contributed by atoms with E-state index in [0.29, 0.717) is 37.7 Å². The number of nitrogens with one attached hydrogen (secondary N) is 1. The number of thiazole rings is 1. The second-order valence-corrected chi connectivity index (χ2v) is 12.9. The minimum Gasteiger partial charge on any atom is -0.493 e. The number of halogens is 3. The smallest absolute Gasteiger partial charge is 0.308 e. The monoisotopic (exact) mass is 673 g/mol. The van der Waals surface area contributed by atoms with Crippen molar-refractivity contribution in [3.63, 3.8) is 0 Å². The molecule has 44 heavy (non-hydrogen) atoms. The predicted molar refractivity (Wildman–Crippen MR) is 167 cm³/mol. The number of thioether (sulfide) groups is 1. The van der Waals surface area contributed by atoms with E-state index in [1.165, 1.54) is 55.2 Å². The molecular weight excluding hydrogens is 652 g/mol. The van der Waals surface area contributed by atoms with E-state index in [0.717, 1.165) is 28.0 Å². The molecule has 3 amide bonds. The number of aromatic nitrogens is 1. The molecule has 2 aliphatic rings. The van der Waals surface area contributed by atoms with Gasteiger partial charge in [0.05, 0.1) is 40.9 Å². The van der Waals surface area contributed by atoms with E-state index in [9.17, 15) is 23.6 Å². The first-order chi connectivity index (χ1) is 21.1. The van der Waals surface area contributed by atoms with Gasteiger partial charge in [-0.3, -0.25) is 23.7 Å². The van der Waals surface area contributed by atoms with Crippen LogP contribution in [0.1, 0.15) is 16.4 Å². The number of anilines is 2. The Hall–Kier alpha value is -3.84. The molecule has 1 N–H and O–H groups in total. The third-order valence-electron chi connectivity index (χ3n) is 7.41. The van der Waals surface area contributed by atoms with Gasteiger partial charge >= 0.3 is 4.87 Å². The van der Waals surface area contributed by atoms with Crippen LogP contribution in [0.4, 0.5) is 15.8 Å². The van der Waals surface area contributed by atoms with Crippen LogP contribution in [0.3, 0.4) is 0 Å². The Balaban J connectivity index is 1.43. The van der Waals surface area contributed by atoms with Gasteiger partial charge in [-0.1, -0.05) is 52.4 Å². The number of rotatable bonds is 7. The van der Waals surface area contributed by atoms with Gasteiger partial charge in [0.15, 0.2) is 11.5 Å². The molecule has 0 radical (unpaired) electrons. The highest BCUT2D eigenvalue weighted by atomic mass is 35.5. The summed E-state index contributed by atoms with van der Waals surface area (Å²) in [7, 11) is 2.98. The van der Waals surface area contributed by atoms with Gasteiger partial charge in [0.1, 0.15) is 17.6 Å². The molecule has 3 atom stereocenters. The van der Waals surface area contributed by atoms with Crippen molar-refractivity contribution in [1.82, 2.24) is 4.57 Å². The van der Waals surface area contributed by atoms with Crippen molar-refractivity contribution in [2.75, 3.05) is 24.4 Å². The lowest BCUT2D eigenvalue weighted by Gasteiger charge is -2.31. The number of methoxy groups -OCH3 is 2. The molecule has 0 saturated carbocycles. The zero-order valence-corrected chi connectivity index (χ0v) is 26.2. The molecule has 3 aromatic carbocycles. The molecule has 2 unspecified atom stereocenters. The first-order valence-electron chi connectivity index (χ1n) is 13.1. The van der Waals surface area contributed by atoms with Gasteiger partial charge in [0, 0.05) is 16.5 Å². The van der Waals surface area contributed by atoms with Crippen LogP contribution in [0.15, 0.2) is 70.5 Å². The SMILES string of the molecule is COc1ccc([C@H]2c3sc(=O)n(CC(=O)Nc4ccc(Cl)c(Cl)c4)c3SC3C(=O)N(c4ccc(F)cc4)C(=O)C32)cc1OC. The van der Waals surface area contributed by atoms with E-state index < -0.39 is 45.5 Å². The molecule has 1 fully saturated rings. The molecule has 226 valence electrons. The van der Waals surface area contributed by atoms with Crippen molar-refractivity contribution >= 4 is 75.4 Å². The number of nitrogens with zero attached hydrogens (tertiary/aromatic N) is 2. The second-order valence-electron chi connectivity index (χ2n) is 9.95. The molecule has 0 bridgehead atoms. The summed E-state index contributed by atoms with van der Waals surface area (Å²) in [6.07, 6.45) is 0. The Morgan fingerprint density at radius 2 is 1.66 bits per heavy atom. The van der Waals surface area contributed by atoms with Gasteiger partial charge < -0.3 is 14.8 Å². The molecule has 1 aromatic heterocycles. The van der Waals surface area contributed by atoms with Gasteiger partial charge in [-0.2, -0.15) is 0 Å². The standard InChI is InChI=1S/C30H22Cl2FN3O6S2/c1-41-20-10-3-14(11-21(20)42-2)23-24-25(28(39)36(27(24)38)17-7-4-15(33)5-8-17)43-29-26(23)44-30(40)35(29)13-22(37)34-16-6-9-18(31)19(32)12-16/h3-12,23-25H,13H2,1-2H3,(H,34,37)/t23-,24?,25?/m1/s1. The van der Waals surface area contributed by atoms with E-state index in [2.05, 4.69) is 5.32 Å². The van der Waals surface area contributed by atoms with Crippen molar-refractivity contribution in [3.05, 3.63) is 96.6 Å². The molecule has 0 spiro atoms. The fourth-order valence-corrected chi connectivity index (χ4v) is 8.49. The lowest BCUT2D eigenvalue weighted by Crippen LogP contribution is -2.33. The second kappa shape index (κ2) is 11.9. The van der Waals surface area contributed by atoms with Crippen LogP contribution in [0.5, 0.6) is 11.5 Å². The number of amides is 3. The Bertz CT molecular complexity index is 1880. The number of carbonyl (C=O) groups is 3. The number of benzene rings is 3. The first kappa shape index (κ1) is 30.2. The number of fused-ring (bicyclic) bond motifs is 2. The van der Waals surface area contributed by atoms with Crippen molar-refractivity contribution in [1.29, 1.82) is 0 Å². The van der Waals surface area contributed by atoms with E-state index in [-0.39, 0.29) is 17.3 Å². The Morgan fingerprint density at radius 3 is 2.34 bits per heavy atom. The first-order valence-corrected chi connectivity index (χ1v) is 15.6. The Morgan fingerprint density at radius 1 is 0.932 bits per heavy atom. The number of carbonyl (C=O) groups excluding carboxylic acids is 3. The van der Waals surface area contributed by atoms with Crippen molar-refractivity contribution in [3.8, 4) is 11.5 Å². The zero-order valence-electron chi connectivity index (χ0n) is 23.0. The summed E-state index contributed by atoms with van der Waals surface area (Å²) in [5.74, 6) is -2.74. The molecule has 0 aliphatic carbocycles. The molecule has 4 aromatic rings. The van der Waals surface area contributed by atoms with Crippen LogP contribution >= 0.6 is 46.3 Å². The number of imide groups is 1. The quantitative estimate of drug-likeness (QED) is 0.247. The van der Waals surface area contributed by atoms with E-state index in [4.69, 9.17) is 32.7 Å². The largest absolute Gasteiger partial charge is 0.493 e. The van der Waals surface area contributed by atoms with Gasteiger partial charge in [0.2, 0.25) is 17.7 Å². The Labute approximate surface area is 268 Å². The summed E-state index contributed by atoms with van der Waals surface area (Å²) in [4.78, 5) is 55.5. The van der Waals surface area contributed by atoms with Crippen LogP contribution in [0.25, 0.3) is 0 Å². The average molecular weight is 675 g/mol. The van der Waals surface area contributed by atoms with E-state index >= 15 is 0 Å². The average Bonchev–Trinajstić information content (AvgIpc) is 3.45. The molecule has 14 heteroatoms. The lowest BCUT2D eigenvalue weighted by molar-refractivity contribution is -0.122. The summed E-state index contributed by atoms with van der Waals surface area (Å²) in [5, 5.41) is 2.78. The third-order valence-corrected chi connectivity index (χ3v) is 10.7. The molecule has 3 heterocycles. The van der Waals surface area contributed by atoms with Crippen LogP contribution < -0.4 is 24.6 Å². The summed E-state index contributed by atoms with van der Waals surface area (Å²) in [5.41, 5.74) is 1.25. The summed E-state index contributed by atoms with van der Waals surface area (Å²) >= 11 is 14.0. The highest BCUT2D eigenvalue weighted by Crippen LogP contribution is 2.54. The maximum atomic E-state index is 14.0. The fraction of sp³-hybridized carbons (Fsp3) is 0.200. The Kier molecular flexibility index (Phi) is 8.18. The van der Waals surface area contributed by atoms with Crippen LogP contribution in [-0.4, -0.2) is 41.8 Å². The van der Waals surface area contributed by atoms with Crippen molar-refractivity contribution in [2.45, 2.75) is 22.7 Å². The summed E-state index contributed by atoms with van der Waals surface area (Å²) in [6, 6.07) is 14.9. The molecular formula is C30H22Cl2FN3O6S2. The molecule has 9 nitrogen and oxygen atoms in total. The van der Waals surface area contributed by atoms with Gasteiger partial charge in [-0.25, -0.2) is 9.29 Å². The van der Waals surface area contributed by atoms with Crippen molar-refractivity contribution in [2.24, 2.45) is 5.92 Å². The summed E-state index contributed by atoms with van der Waals surface area (Å²) < 4.78 is 25.9. The van der Waals surface area contributed by atoms with Crippen molar-refractivity contribution < 1.29 is 28.2 Å². The highest BCUT2D eigenvalue weighted by molar-refractivity contribution is 8.00. The van der Waals surface area contributed by atoms with Gasteiger partial charge in [-0.05, 0) is 60.2 Å². The summed E-state index contributed by atoms with van der Waals surface area (Å²) in [6.45, 7) is -0.349. The fourth-order valence-electron chi connectivity index (χ4n) is 5.42. The maximum Gasteiger partial charge on any atom is 0.308 e. The van der Waals surface area contributed by atoms with Gasteiger partial charge in [0.25, 0.3) is 0 Å². The topological polar surface area (TPSA) is 107 Å². The number of ether oxygens (including phenoxy) is 2. The molecule has 6 rings (SSSR count). The minimum absolute atomic E-state index is 0.240. The maximum absolute atomic E-state index is 14.0.